The third-order valence-electron chi connectivity index (χ3n) is 6.37. The number of nitriles is 1. The zero-order chi connectivity index (χ0) is 21.4. The average molecular weight is 413 g/mol. The van der Waals surface area contributed by atoms with Gasteiger partial charge in [-0.3, -0.25) is 19.3 Å². The molecule has 2 aliphatic heterocycles. The second kappa shape index (κ2) is 8.03. The van der Waals surface area contributed by atoms with Crippen LogP contribution in [0.15, 0.2) is 24.3 Å². The van der Waals surface area contributed by atoms with Gasteiger partial charge < -0.3 is 15.5 Å². The third-order valence-corrected chi connectivity index (χ3v) is 6.37. The number of primary amides is 1. The maximum Gasteiger partial charge on any atom is 0.253 e. The van der Waals surface area contributed by atoms with Crippen molar-refractivity contribution in [2.45, 2.75) is 24.9 Å². The number of carbonyl (C=O) groups excluding carboxylic acids is 3. The lowest BCUT2D eigenvalue weighted by Gasteiger charge is -2.28. The number of rotatable bonds is 6. The van der Waals surface area contributed by atoms with Gasteiger partial charge in [0.25, 0.3) is 5.91 Å². The Morgan fingerprint density at radius 2 is 1.83 bits per heavy atom. The molecule has 1 aromatic rings. The monoisotopic (exact) mass is 413 g/mol. The molecule has 4 rings (SSSR count). The first-order valence-corrected chi connectivity index (χ1v) is 10.2. The van der Waals surface area contributed by atoms with E-state index in [0.717, 1.165) is 6.42 Å². The molecule has 2 heterocycles. The van der Waals surface area contributed by atoms with Crippen molar-refractivity contribution in [3.05, 3.63) is 35.6 Å². The maximum atomic E-state index is 13.1. The summed E-state index contributed by atoms with van der Waals surface area (Å²) in [5, 5.41) is 9.22. The van der Waals surface area contributed by atoms with Gasteiger partial charge in [-0.25, -0.2) is 4.39 Å². The summed E-state index contributed by atoms with van der Waals surface area (Å²) in [6.07, 6.45) is 1.47. The smallest absolute Gasteiger partial charge is 0.253 e. The zero-order valence-electron chi connectivity index (χ0n) is 16.5. The van der Waals surface area contributed by atoms with E-state index in [2.05, 4.69) is 6.07 Å². The van der Waals surface area contributed by atoms with Crippen LogP contribution in [0.25, 0.3) is 0 Å². The fraction of sp³-hybridized carbons (Fsp3) is 0.524. The molecule has 3 fully saturated rings. The van der Waals surface area contributed by atoms with Crippen molar-refractivity contribution < 1.29 is 18.8 Å². The first-order chi connectivity index (χ1) is 14.4. The normalized spacial score (nSPS) is 27.1. The van der Waals surface area contributed by atoms with Crippen LogP contribution < -0.4 is 5.73 Å². The van der Waals surface area contributed by atoms with E-state index < -0.39 is 11.9 Å². The lowest BCUT2D eigenvalue weighted by atomic mass is 10.2. The van der Waals surface area contributed by atoms with E-state index in [-0.39, 0.29) is 48.6 Å². The minimum atomic E-state index is -0.509. The molecule has 2 saturated heterocycles. The number of benzene rings is 1. The van der Waals surface area contributed by atoms with Crippen LogP contribution in [-0.2, 0) is 9.59 Å². The average Bonchev–Trinajstić information content (AvgIpc) is 3.08. The number of fused-ring (bicyclic) bond motifs is 1. The molecule has 8 nitrogen and oxygen atoms in total. The number of hydrogen-bond acceptors (Lipinski definition) is 5. The highest BCUT2D eigenvalue weighted by molar-refractivity contribution is 5.94. The van der Waals surface area contributed by atoms with Gasteiger partial charge in [0.1, 0.15) is 11.9 Å². The highest BCUT2D eigenvalue weighted by Gasteiger charge is 2.59. The molecule has 0 radical (unpaired) electrons. The van der Waals surface area contributed by atoms with E-state index in [1.807, 2.05) is 0 Å². The minimum absolute atomic E-state index is 0.0156. The van der Waals surface area contributed by atoms with Crippen LogP contribution in [0.1, 0.15) is 23.2 Å². The number of carbonyl (C=O) groups is 3. The Labute approximate surface area is 174 Å². The standard InChI is InChI=1S/C21H24FN5O3/c22-14-5-3-13(4-6-14)21(30)26-9-16-17(10-26)20(16)25(11-18(24)28)12-19(29)27-7-1-2-15(27)8-23/h3-6,15-17,20H,1-2,7,9-12H2,(H2,24,28). The van der Waals surface area contributed by atoms with Crippen molar-refractivity contribution in [1.29, 1.82) is 5.26 Å². The molecule has 0 spiro atoms. The van der Waals surface area contributed by atoms with Crippen LogP contribution in [0.2, 0.25) is 0 Å². The topological polar surface area (TPSA) is 111 Å². The van der Waals surface area contributed by atoms with Crippen LogP contribution >= 0.6 is 0 Å². The van der Waals surface area contributed by atoms with Crippen LogP contribution in [0.4, 0.5) is 4.39 Å². The number of nitrogens with zero attached hydrogens (tertiary/aromatic N) is 4. The summed E-state index contributed by atoms with van der Waals surface area (Å²) in [4.78, 5) is 42.0. The quantitative estimate of drug-likeness (QED) is 0.716. The first kappa shape index (κ1) is 20.3. The molecule has 3 unspecified atom stereocenters. The van der Waals surface area contributed by atoms with E-state index in [9.17, 15) is 24.0 Å². The SMILES string of the molecule is N#CC1CCCN1C(=O)CN(CC(N)=O)C1C2CN(C(=O)c3ccc(F)cc3)CC21. The fourth-order valence-electron chi connectivity index (χ4n) is 4.91. The Bertz CT molecular complexity index is 887. The Morgan fingerprint density at radius 1 is 1.17 bits per heavy atom. The van der Waals surface area contributed by atoms with Gasteiger partial charge in [-0.15, -0.1) is 0 Å². The van der Waals surface area contributed by atoms with Gasteiger partial charge in [-0.2, -0.15) is 5.26 Å². The van der Waals surface area contributed by atoms with Gasteiger partial charge in [-0.05, 0) is 48.9 Å². The second-order valence-electron chi connectivity index (χ2n) is 8.28. The lowest BCUT2D eigenvalue weighted by Crippen LogP contribution is -2.47. The van der Waals surface area contributed by atoms with Crippen LogP contribution in [0.3, 0.4) is 0 Å². The molecule has 1 aromatic carbocycles. The van der Waals surface area contributed by atoms with Crippen LogP contribution in [-0.4, -0.2) is 77.2 Å². The fourth-order valence-corrected chi connectivity index (χ4v) is 4.91. The van der Waals surface area contributed by atoms with Crippen molar-refractivity contribution in [3.8, 4) is 6.07 Å². The van der Waals surface area contributed by atoms with Crippen molar-refractivity contribution >= 4 is 17.7 Å². The van der Waals surface area contributed by atoms with Gasteiger partial charge >= 0.3 is 0 Å². The van der Waals surface area contributed by atoms with Crippen LogP contribution in [0.5, 0.6) is 0 Å². The molecular formula is C21H24FN5O3. The van der Waals surface area contributed by atoms with Gasteiger partial charge in [0.05, 0.1) is 19.2 Å². The third kappa shape index (κ3) is 3.87. The number of hydrogen-bond donors (Lipinski definition) is 1. The molecule has 9 heteroatoms. The molecule has 30 heavy (non-hydrogen) atoms. The summed E-state index contributed by atoms with van der Waals surface area (Å²) in [5.74, 6) is -0.861. The highest BCUT2D eigenvalue weighted by Crippen LogP contribution is 2.49. The molecule has 3 amide bonds. The molecular weight excluding hydrogens is 389 g/mol. The predicted octanol–water partition coefficient (Wildman–Crippen LogP) is 0.198. The predicted molar refractivity (Wildman–Crippen MR) is 104 cm³/mol. The summed E-state index contributed by atoms with van der Waals surface area (Å²) in [6.45, 7) is 1.63. The number of piperidine rings is 1. The summed E-state index contributed by atoms with van der Waals surface area (Å²) in [7, 11) is 0. The van der Waals surface area contributed by atoms with Gasteiger partial charge in [0, 0.05) is 31.2 Å². The van der Waals surface area contributed by atoms with Crippen molar-refractivity contribution in [3.63, 3.8) is 0 Å². The Balaban J connectivity index is 1.38. The van der Waals surface area contributed by atoms with Gasteiger partial charge in [0.2, 0.25) is 11.8 Å². The van der Waals surface area contributed by atoms with Crippen molar-refractivity contribution in [2.75, 3.05) is 32.7 Å². The summed E-state index contributed by atoms with van der Waals surface area (Å²) in [6, 6.07) is 7.24. The number of likely N-dealkylation sites (tertiary alicyclic amines) is 2. The number of nitrogens with two attached hydrogens (primary N) is 1. The van der Waals surface area contributed by atoms with E-state index in [0.29, 0.717) is 31.6 Å². The van der Waals surface area contributed by atoms with E-state index >= 15 is 0 Å². The molecule has 158 valence electrons. The van der Waals surface area contributed by atoms with Crippen LogP contribution in [0, 0.1) is 29.0 Å². The minimum Gasteiger partial charge on any atom is -0.369 e. The Kier molecular flexibility index (Phi) is 5.43. The van der Waals surface area contributed by atoms with Crippen molar-refractivity contribution in [1.82, 2.24) is 14.7 Å². The molecule has 3 aliphatic rings. The molecule has 0 bridgehead atoms. The summed E-state index contributed by atoms with van der Waals surface area (Å²) >= 11 is 0. The van der Waals surface area contributed by atoms with Gasteiger partial charge in [-0.1, -0.05) is 0 Å². The Hall–Kier alpha value is -2.99. The number of halogens is 1. The molecule has 3 atom stereocenters. The summed E-state index contributed by atoms with van der Waals surface area (Å²) < 4.78 is 13.1. The molecule has 1 aliphatic carbocycles. The Morgan fingerprint density at radius 3 is 2.43 bits per heavy atom. The summed E-state index contributed by atoms with van der Waals surface area (Å²) in [5.41, 5.74) is 5.84. The van der Waals surface area contributed by atoms with E-state index in [1.54, 1.807) is 14.7 Å². The largest absolute Gasteiger partial charge is 0.369 e. The van der Waals surface area contributed by atoms with E-state index in [4.69, 9.17) is 5.73 Å². The molecule has 2 N–H and O–H groups in total. The van der Waals surface area contributed by atoms with E-state index in [1.165, 1.54) is 24.3 Å². The number of amides is 3. The highest BCUT2D eigenvalue weighted by atomic mass is 19.1. The van der Waals surface area contributed by atoms with Crippen molar-refractivity contribution in [2.24, 2.45) is 17.6 Å². The maximum absolute atomic E-state index is 13.1. The van der Waals surface area contributed by atoms with Gasteiger partial charge in [0.15, 0.2) is 0 Å². The molecule has 0 aromatic heterocycles. The second-order valence-corrected chi connectivity index (χ2v) is 8.28. The molecule has 1 saturated carbocycles. The zero-order valence-corrected chi connectivity index (χ0v) is 16.5. The lowest BCUT2D eigenvalue weighted by molar-refractivity contribution is -0.133. The first-order valence-electron chi connectivity index (χ1n) is 10.2.